The molecule has 0 aliphatic carbocycles. The molecular formula is C21H14F3N5O3. The van der Waals surface area contributed by atoms with Crippen molar-refractivity contribution < 1.29 is 22.7 Å². The van der Waals surface area contributed by atoms with Gasteiger partial charge in [0.25, 0.3) is 11.5 Å². The van der Waals surface area contributed by atoms with Crippen LogP contribution in [0.3, 0.4) is 0 Å². The molecular weight excluding hydrogens is 427 g/mol. The molecule has 0 spiro atoms. The van der Waals surface area contributed by atoms with Gasteiger partial charge in [0.15, 0.2) is 0 Å². The zero-order chi connectivity index (χ0) is 22.9. The van der Waals surface area contributed by atoms with E-state index in [4.69, 9.17) is 0 Å². The number of nitrogens with one attached hydrogen (secondary N) is 1. The van der Waals surface area contributed by atoms with E-state index in [1.54, 1.807) is 6.07 Å². The zero-order valence-corrected chi connectivity index (χ0v) is 16.4. The summed E-state index contributed by atoms with van der Waals surface area (Å²) in [6.45, 7) is 0. The van der Waals surface area contributed by atoms with Crippen molar-refractivity contribution in [1.29, 1.82) is 0 Å². The normalized spacial score (nSPS) is 11.4. The minimum atomic E-state index is -4.93. The highest BCUT2D eigenvalue weighted by Gasteiger charge is 2.32. The number of halogens is 3. The maximum Gasteiger partial charge on any atom is 0.573 e. The molecule has 0 aliphatic heterocycles. The number of ether oxygens (including phenoxy) is 1. The number of nitrogens with zero attached hydrogens (tertiary/aromatic N) is 4. The predicted octanol–water partition coefficient (Wildman–Crippen LogP) is 3.54. The molecule has 4 rings (SSSR count). The first-order valence-corrected chi connectivity index (χ1v) is 9.17. The molecule has 0 aliphatic rings. The Morgan fingerprint density at radius 1 is 1.09 bits per heavy atom. The second-order valence-electron chi connectivity index (χ2n) is 6.59. The van der Waals surface area contributed by atoms with Gasteiger partial charge < -0.3 is 10.1 Å². The predicted molar refractivity (Wildman–Crippen MR) is 109 cm³/mol. The van der Waals surface area contributed by atoms with E-state index in [0.29, 0.717) is 0 Å². The number of carbonyl (C=O) groups excluding carboxylic acids is 1. The van der Waals surface area contributed by atoms with Gasteiger partial charge in [-0.1, -0.05) is 18.2 Å². The molecule has 0 radical (unpaired) electrons. The van der Waals surface area contributed by atoms with Crippen molar-refractivity contribution in [3.8, 4) is 17.1 Å². The molecule has 0 fully saturated rings. The summed E-state index contributed by atoms with van der Waals surface area (Å²) in [4.78, 5) is 37.6. The fourth-order valence-corrected chi connectivity index (χ4v) is 3.10. The summed E-state index contributed by atoms with van der Waals surface area (Å²) < 4.78 is 43.8. The van der Waals surface area contributed by atoms with Crippen LogP contribution in [-0.2, 0) is 7.05 Å². The van der Waals surface area contributed by atoms with Gasteiger partial charge in [0, 0.05) is 19.4 Å². The lowest BCUT2D eigenvalue weighted by Crippen LogP contribution is -2.22. The molecule has 1 N–H and O–H groups in total. The summed E-state index contributed by atoms with van der Waals surface area (Å²) in [5.41, 5.74) is -0.225. The first-order chi connectivity index (χ1) is 15.2. The van der Waals surface area contributed by atoms with Crippen molar-refractivity contribution in [2.45, 2.75) is 6.36 Å². The number of carbonyl (C=O) groups is 1. The smallest absolute Gasteiger partial charge is 0.405 e. The number of hydrogen-bond acceptors (Lipinski definition) is 6. The Hall–Kier alpha value is -4.28. The van der Waals surface area contributed by atoms with E-state index < -0.39 is 23.6 Å². The van der Waals surface area contributed by atoms with Gasteiger partial charge in [-0.15, -0.1) is 13.2 Å². The third-order valence-corrected chi connectivity index (χ3v) is 4.50. The molecule has 8 nitrogen and oxygen atoms in total. The maximum absolute atomic E-state index is 13.0. The van der Waals surface area contributed by atoms with Gasteiger partial charge >= 0.3 is 6.36 Å². The summed E-state index contributed by atoms with van der Waals surface area (Å²) in [5.74, 6) is -1.16. The van der Waals surface area contributed by atoms with Crippen LogP contribution in [0.4, 0.5) is 18.9 Å². The molecule has 11 heteroatoms. The summed E-state index contributed by atoms with van der Waals surface area (Å²) >= 11 is 0. The van der Waals surface area contributed by atoms with E-state index in [0.717, 1.165) is 10.6 Å². The molecule has 2 aromatic heterocycles. The van der Waals surface area contributed by atoms with Crippen LogP contribution in [0.25, 0.3) is 22.3 Å². The SMILES string of the molecule is Cn1c(-c2ccccc2OC(F)(F)F)nc2c(NC(=O)c3cnccn3)cccc2c1=O. The fraction of sp³-hybridized carbons (Fsp3) is 0.0952. The molecule has 1 amide bonds. The Kier molecular flexibility index (Phi) is 5.31. The van der Waals surface area contributed by atoms with Gasteiger partial charge in [-0.05, 0) is 24.3 Å². The first-order valence-electron chi connectivity index (χ1n) is 9.17. The molecule has 2 heterocycles. The van der Waals surface area contributed by atoms with Crippen molar-refractivity contribution in [2.24, 2.45) is 7.05 Å². The lowest BCUT2D eigenvalue weighted by molar-refractivity contribution is -0.274. The Balaban J connectivity index is 1.87. The number of para-hydroxylation sites is 2. The van der Waals surface area contributed by atoms with Crippen LogP contribution in [0.1, 0.15) is 10.5 Å². The Bertz CT molecular complexity index is 1370. The van der Waals surface area contributed by atoms with Crippen molar-refractivity contribution in [3.05, 3.63) is 77.1 Å². The van der Waals surface area contributed by atoms with Crippen molar-refractivity contribution in [3.63, 3.8) is 0 Å². The van der Waals surface area contributed by atoms with Crippen LogP contribution in [-0.4, -0.2) is 31.8 Å². The van der Waals surface area contributed by atoms with Crippen molar-refractivity contribution >= 4 is 22.5 Å². The number of hydrogen-bond donors (Lipinski definition) is 1. The lowest BCUT2D eigenvalue weighted by atomic mass is 10.1. The zero-order valence-electron chi connectivity index (χ0n) is 16.4. The maximum atomic E-state index is 13.0. The van der Waals surface area contributed by atoms with E-state index in [9.17, 15) is 22.8 Å². The van der Waals surface area contributed by atoms with Crippen molar-refractivity contribution in [1.82, 2.24) is 19.5 Å². The topological polar surface area (TPSA) is 99.0 Å². The first kappa shape index (κ1) is 21.0. The molecule has 2 aromatic carbocycles. The molecule has 0 unspecified atom stereocenters. The number of amides is 1. The van der Waals surface area contributed by atoms with Gasteiger partial charge in [0.1, 0.15) is 22.8 Å². The number of anilines is 1. The molecule has 32 heavy (non-hydrogen) atoms. The van der Waals surface area contributed by atoms with Crippen LogP contribution in [0.15, 0.2) is 65.8 Å². The Labute approximate surface area is 178 Å². The molecule has 0 atom stereocenters. The second kappa shape index (κ2) is 8.10. The highest BCUT2D eigenvalue weighted by molar-refractivity contribution is 6.07. The molecule has 4 aromatic rings. The number of aromatic nitrogens is 4. The van der Waals surface area contributed by atoms with Crippen LogP contribution in [0.2, 0.25) is 0 Å². The average molecular weight is 441 g/mol. The van der Waals surface area contributed by atoms with E-state index in [1.807, 2.05) is 0 Å². The van der Waals surface area contributed by atoms with Crippen LogP contribution < -0.4 is 15.6 Å². The third kappa shape index (κ3) is 4.13. The summed E-state index contributed by atoms with van der Waals surface area (Å²) in [6.07, 6.45) is -0.904. The van der Waals surface area contributed by atoms with E-state index >= 15 is 0 Å². The minimum absolute atomic E-state index is 0.0393. The molecule has 162 valence electrons. The van der Waals surface area contributed by atoms with Gasteiger partial charge in [-0.25, -0.2) is 9.97 Å². The molecule has 0 bridgehead atoms. The van der Waals surface area contributed by atoms with Gasteiger partial charge in [0.2, 0.25) is 0 Å². The highest BCUT2D eigenvalue weighted by Crippen LogP contribution is 2.33. The number of alkyl halides is 3. The van der Waals surface area contributed by atoms with E-state index in [-0.39, 0.29) is 33.7 Å². The largest absolute Gasteiger partial charge is 0.573 e. The Morgan fingerprint density at radius 2 is 1.88 bits per heavy atom. The standard InChI is InChI=1S/C21H14F3N5O3/c1-29-18(12-5-2-3-8-16(12)32-21(22,23)24)28-17-13(20(29)31)6-4-7-14(17)27-19(30)15-11-25-9-10-26-15/h2-11H,1H3,(H,27,30). The van der Waals surface area contributed by atoms with Crippen LogP contribution in [0, 0.1) is 0 Å². The van der Waals surface area contributed by atoms with Gasteiger partial charge in [-0.2, -0.15) is 0 Å². The summed E-state index contributed by atoms with van der Waals surface area (Å²) in [6, 6.07) is 9.93. The fourth-order valence-electron chi connectivity index (χ4n) is 3.10. The van der Waals surface area contributed by atoms with E-state index in [1.165, 1.54) is 56.0 Å². The average Bonchev–Trinajstić information content (AvgIpc) is 2.76. The van der Waals surface area contributed by atoms with E-state index in [2.05, 4.69) is 25.0 Å². The summed E-state index contributed by atoms with van der Waals surface area (Å²) in [5, 5.41) is 2.79. The molecule has 0 saturated heterocycles. The summed E-state index contributed by atoms with van der Waals surface area (Å²) in [7, 11) is 1.39. The lowest BCUT2D eigenvalue weighted by Gasteiger charge is -2.16. The number of rotatable bonds is 4. The third-order valence-electron chi connectivity index (χ3n) is 4.50. The highest BCUT2D eigenvalue weighted by atomic mass is 19.4. The second-order valence-corrected chi connectivity index (χ2v) is 6.59. The van der Waals surface area contributed by atoms with Gasteiger partial charge in [-0.3, -0.25) is 19.1 Å². The number of benzene rings is 2. The number of fused-ring (bicyclic) bond motifs is 1. The van der Waals surface area contributed by atoms with Crippen LogP contribution >= 0.6 is 0 Å². The quantitative estimate of drug-likeness (QED) is 0.520. The molecule has 0 saturated carbocycles. The van der Waals surface area contributed by atoms with Gasteiger partial charge in [0.05, 0.1) is 22.8 Å². The monoisotopic (exact) mass is 441 g/mol. The van der Waals surface area contributed by atoms with Crippen molar-refractivity contribution in [2.75, 3.05) is 5.32 Å². The van der Waals surface area contributed by atoms with Crippen LogP contribution in [0.5, 0.6) is 5.75 Å². The minimum Gasteiger partial charge on any atom is -0.405 e. The Morgan fingerprint density at radius 3 is 2.59 bits per heavy atom.